The molecule has 0 fully saturated rings. The molecule has 1 aromatic heterocycles. The Balaban J connectivity index is 3.15. The summed E-state index contributed by atoms with van der Waals surface area (Å²) in [5, 5.41) is 0. The summed E-state index contributed by atoms with van der Waals surface area (Å²) in [5.74, 6) is 0.631. The van der Waals surface area contributed by atoms with E-state index < -0.39 is 10.0 Å². The molecule has 1 heterocycles. The Morgan fingerprint density at radius 3 is 2.00 bits per heavy atom. The molecule has 0 N–H and O–H groups in total. The van der Waals surface area contributed by atoms with Gasteiger partial charge in [-0.05, 0) is 40.8 Å². The van der Waals surface area contributed by atoms with Crippen LogP contribution in [0.3, 0.4) is 0 Å². The van der Waals surface area contributed by atoms with E-state index in [1.54, 1.807) is 10.4 Å². The van der Waals surface area contributed by atoms with Crippen molar-refractivity contribution >= 4 is 37.3 Å². The highest BCUT2D eigenvalue weighted by molar-refractivity contribution is 9.11. The molecule has 0 aliphatic carbocycles. The minimum atomic E-state index is -3.39. The van der Waals surface area contributed by atoms with E-state index in [-0.39, 0.29) is 0 Å². The van der Waals surface area contributed by atoms with Gasteiger partial charge in [0.2, 0.25) is 10.0 Å². The highest BCUT2D eigenvalue weighted by Gasteiger charge is 2.28. The Hall–Kier alpha value is 0.0900. The predicted octanol–water partition coefficient (Wildman–Crippen LogP) is 4.12. The van der Waals surface area contributed by atoms with Gasteiger partial charge < -0.3 is 0 Å². The van der Waals surface area contributed by atoms with Gasteiger partial charge in [-0.15, -0.1) is 11.3 Å². The first-order valence-electron chi connectivity index (χ1n) is 6.40. The lowest BCUT2D eigenvalue weighted by Crippen LogP contribution is -2.37. The Bertz CT molecular complexity index is 511. The van der Waals surface area contributed by atoms with E-state index in [4.69, 9.17) is 0 Å². The molecule has 3 nitrogen and oxygen atoms in total. The van der Waals surface area contributed by atoms with Crippen molar-refractivity contribution in [2.24, 2.45) is 11.8 Å². The van der Waals surface area contributed by atoms with Crippen LogP contribution in [-0.2, 0) is 10.0 Å². The van der Waals surface area contributed by atoms with Gasteiger partial charge in [-0.25, -0.2) is 8.42 Å². The molecule has 0 saturated heterocycles. The van der Waals surface area contributed by atoms with Gasteiger partial charge >= 0.3 is 0 Å². The molecule has 0 aliphatic heterocycles. The molecular formula is C13H22BrNO2S2. The largest absolute Gasteiger partial charge is 0.244 e. The summed E-state index contributed by atoms with van der Waals surface area (Å²) in [7, 11) is -3.39. The molecule has 0 aliphatic rings. The lowest BCUT2D eigenvalue weighted by molar-refractivity contribution is 0.333. The minimum absolute atomic E-state index is 0.316. The first-order chi connectivity index (χ1) is 8.64. The number of aryl methyl sites for hydroxylation is 1. The number of nitrogens with zero attached hydrogens (tertiary/aromatic N) is 1. The van der Waals surface area contributed by atoms with E-state index in [0.717, 1.165) is 8.66 Å². The maximum Gasteiger partial charge on any atom is 0.244 e. The van der Waals surface area contributed by atoms with E-state index >= 15 is 0 Å². The maximum atomic E-state index is 12.7. The van der Waals surface area contributed by atoms with E-state index in [1.807, 2.05) is 34.6 Å². The third kappa shape index (κ3) is 4.55. The van der Waals surface area contributed by atoms with Gasteiger partial charge in [0.05, 0.1) is 8.68 Å². The summed E-state index contributed by atoms with van der Waals surface area (Å²) in [4.78, 5) is 1.27. The molecule has 1 rings (SSSR count). The number of rotatable bonds is 6. The maximum absolute atomic E-state index is 12.7. The van der Waals surface area contributed by atoms with Crippen LogP contribution in [0, 0.1) is 18.8 Å². The van der Waals surface area contributed by atoms with Gasteiger partial charge in [0.15, 0.2) is 0 Å². The summed E-state index contributed by atoms with van der Waals surface area (Å²) in [6.07, 6.45) is 0. The van der Waals surface area contributed by atoms with Crippen molar-refractivity contribution in [2.75, 3.05) is 13.1 Å². The fraction of sp³-hybridized carbons (Fsp3) is 0.692. The molecule has 0 amide bonds. The van der Waals surface area contributed by atoms with Crippen LogP contribution >= 0.6 is 27.3 Å². The van der Waals surface area contributed by atoms with E-state index in [1.165, 1.54) is 11.3 Å². The van der Waals surface area contributed by atoms with Gasteiger partial charge in [-0.2, -0.15) is 4.31 Å². The van der Waals surface area contributed by atoms with Crippen molar-refractivity contribution in [1.29, 1.82) is 0 Å². The highest BCUT2D eigenvalue weighted by Crippen LogP contribution is 2.32. The Morgan fingerprint density at radius 2 is 1.68 bits per heavy atom. The van der Waals surface area contributed by atoms with Crippen molar-refractivity contribution in [1.82, 2.24) is 4.31 Å². The van der Waals surface area contributed by atoms with Crippen LogP contribution in [0.1, 0.15) is 32.6 Å². The number of hydrogen-bond acceptors (Lipinski definition) is 3. The van der Waals surface area contributed by atoms with Crippen LogP contribution in [0.5, 0.6) is 0 Å². The average molecular weight is 368 g/mol. The smallest absolute Gasteiger partial charge is 0.207 e. The molecule has 0 unspecified atom stereocenters. The summed E-state index contributed by atoms with van der Waals surface area (Å²) in [6, 6.07) is 1.71. The Kier molecular flexibility index (Phi) is 6.04. The average Bonchev–Trinajstić information content (AvgIpc) is 2.56. The number of thiophene rings is 1. The van der Waals surface area contributed by atoms with Crippen molar-refractivity contribution in [3.63, 3.8) is 0 Å². The van der Waals surface area contributed by atoms with Gasteiger partial charge in [0.1, 0.15) is 0 Å². The van der Waals surface area contributed by atoms with Crippen LogP contribution in [0.25, 0.3) is 0 Å². The fourth-order valence-corrected chi connectivity index (χ4v) is 6.06. The zero-order valence-electron chi connectivity index (χ0n) is 12.1. The highest BCUT2D eigenvalue weighted by atomic mass is 79.9. The van der Waals surface area contributed by atoms with Crippen LogP contribution in [0.15, 0.2) is 14.7 Å². The second-order valence-corrected chi connectivity index (χ2v) is 10.1. The van der Waals surface area contributed by atoms with Crippen molar-refractivity contribution < 1.29 is 8.42 Å². The van der Waals surface area contributed by atoms with Crippen LogP contribution in [-0.4, -0.2) is 25.8 Å². The number of hydrogen-bond donors (Lipinski definition) is 0. The Morgan fingerprint density at radius 1 is 1.21 bits per heavy atom. The second kappa shape index (κ2) is 6.70. The van der Waals surface area contributed by atoms with Crippen molar-refractivity contribution in [3.8, 4) is 0 Å². The standard InChI is InChI=1S/C13H22BrNO2S2/c1-9(2)7-15(8-10(3)4)19(16,17)12-6-13(14)18-11(12)5/h6,9-10H,7-8H2,1-5H3. The number of halogens is 1. The predicted molar refractivity (Wildman–Crippen MR) is 85.2 cm³/mol. The molecule has 0 aromatic carbocycles. The van der Waals surface area contributed by atoms with Gasteiger partial charge in [0, 0.05) is 18.0 Å². The molecule has 0 bridgehead atoms. The third-order valence-electron chi connectivity index (χ3n) is 2.60. The minimum Gasteiger partial charge on any atom is -0.207 e. The van der Waals surface area contributed by atoms with Gasteiger partial charge in [-0.1, -0.05) is 27.7 Å². The molecule has 110 valence electrons. The van der Waals surface area contributed by atoms with Crippen molar-refractivity contribution in [3.05, 3.63) is 14.7 Å². The summed E-state index contributed by atoms with van der Waals surface area (Å²) < 4.78 is 28.0. The molecule has 0 spiro atoms. The van der Waals surface area contributed by atoms with Crippen molar-refractivity contribution in [2.45, 2.75) is 39.5 Å². The summed E-state index contributed by atoms with van der Waals surface area (Å²) in [6.45, 7) is 11.1. The van der Waals surface area contributed by atoms with Crippen LogP contribution in [0.4, 0.5) is 0 Å². The molecule has 6 heteroatoms. The quantitative estimate of drug-likeness (QED) is 0.757. The Labute approximate surface area is 129 Å². The second-order valence-electron chi connectivity index (χ2n) is 5.58. The summed E-state index contributed by atoms with van der Waals surface area (Å²) in [5.41, 5.74) is 0. The monoisotopic (exact) mass is 367 g/mol. The first kappa shape index (κ1) is 17.1. The summed E-state index contributed by atoms with van der Waals surface area (Å²) >= 11 is 4.82. The molecular weight excluding hydrogens is 346 g/mol. The molecule has 0 saturated carbocycles. The topological polar surface area (TPSA) is 37.4 Å². The third-order valence-corrected chi connectivity index (χ3v) is 6.24. The molecule has 19 heavy (non-hydrogen) atoms. The molecule has 0 atom stereocenters. The van der Waals surface area contributed by atoms with Gasteiger partial charge in [-0.3, -0.25) is 0 Å². The van der Waals surface area contributed by atoms with E-state index in [0.29, 0.717) is 29.8 Å². The normalized spacial score (nSPS) is 12.9. The number of sulfonamides is 1. The zero-order valence-corrected chi connectivity index (χ0v) is 15.3. The molecule has 1 aromatic rings. The van der Waals surface area contributed by atoms with Gasteiger partial charge in [0.25, 0.3) is 0 Å². The SMILES string of the molecule is Cc1sc(Br)cc1S(=O)(=O)N(CC(C)C)CC(C)C. The van der Waals surface area contributed by atoms with E-state index in [9.17, 15) is 8.42 Å². The lowest BCUT2D eigenvalue weighted by atomic mass is 10.2. The lowest BCUT2D eigenvalue weighted by Gasteiger charge is -2.25. The van der Waals surface area contributed by atoms with E-state index in [2.05, 4.69) is 15.9 Å². The molecule has 0 radical (unpaired) electrons. The fourth-order valence-electron chi connectivity index (χ4n) is 1.91. The van der Waals surface area contributed by atoms with Crippen LogP contribution < -0.4 is 0 Å². The zero-order chi connectivity index (χ0) is 14.8. The first-order valence-corrected chi connectivity index (χ1v) is 9.45. The van der Waals surface area contributed by atoms with Crippen LogP contribution in [0.2, 0.25) is 0 Å².